The van der Waals surface area contributed by atoms with E-state index in [0.717, 1.165) is 54.6 Å². The highest BCUT2D eigenvalue weighted by molar-refractivity contribution is 6.23. The first-order chi connectivity index (χ1) is 27.9. The SMILES string of the molecule is [2H]c1c([2H])c([2H])c(-c2c([2H])c(-c3c4ccccc4c(-c4ccc5oc6c7ccccc7ccc6c5c4)c4ccccc34)c([2H])c3c([2H])c([2H])c([2H])c([2H])c23)c([2H])c1[2H]. The molecule has 1 heteroatoms. The molecule has 1 aromatic heterocycles. The van der Waals surface area contributed by atoms with Crippen molar-refractivity contribution in [1.82, 2.24) is 0 Å². The molecule has 0 aliphatic rings. The van der Waals surface area contributed by atoms with E-state index in [9.17, 15) is 2.74 Å². The Hall–Kier alpha value is -6.18. The third-order valence-electron chi connectivity index (χ3n) is 9.02. The highest BCUT2D eigenvalue weighted by Gasteiger charge is 2.19. The van der Waals surface area contributed by atoms with Crippen molar-refractivity contribution in [3.63, 3.8) is 0 Å². The van der Waals surface area contributed by atoms with Crippen LogP contribution in [-0.4, -0.2) is 0 Å². The monoisotopic (exact) mass is 607 g/mol. The van der Waals surface area contributed by atoms with Crippen molar-refractivity contribution in [3.05, 3.63) is 170 Å². The fraction of sp³-hybridized carbons (Fsp3) is 0. The maximum atomic E-state index is 9.88. The molecule has 1 nitrogen and oxygen atoms in total. The third-order valence-corrected chi connectivity index (χ3v) is 9.02. The van der Waals surface area contributed by atoms with Crippen LogP contribution in [-0.2, 0) is 0 Å². The molecule has 0 saturated heterocycles. The zero-order valence-electron chi connectivity index (χ0n) is 35.7. The molecule has 10 rings (SSSR count). The van der Waals surface area contributed by atoms with Gasteiger partial charge in [-0.15, -0.1) is 0 Å². The maximum Gasteiger partial charge on any atom is 0.143 e. The molecular weight excluding hydrogens is 569 g/mol. The van der Waals surface area contributed by atoms with E-state index in [2.05, 4.69) is 24.3 Å². The molecule has 0 radical (unpaired) electrons. The van der Waals surface area contributed by atoms with Gasteiger partial charge in [0.1, 0.15) is 11.2 Å². The number of benzene rings is 9. The Kier molecular flexibility index (Phi) is 3.79. The predicted octanol–water partition coefficient (Wildman–Crippen LogP) is 13.2. The Morgan fingerprint density at radius 2 is 1.04 bits per heavy atom. The average molecular weight is 608 g/mol. The van der Waals surface area contributed by atoms with Crippen LogP contribution in [0, 0.1) is 0 Å². The summed E-state index contributed by atoms with van der Waals surface area (Å²) in [6, 6.07) is 27.2. The summed E-state index contributed by atoms with van der Waals surface area (Å²) in [6.45, 7) is 0. The van der Waals surface area contributed by atoms with Gasteiger partial charge in [0.2, 0.25) is 0 Å². The van der Waals surface area contributed by atoms with E-state index in [1.807, 2.05) is 78.9 Å². The summed E-state index contributed by atoms with van der Waals surface area (Å²) in [5.74, 6) is 0. The lowest BCUT2D eigenvalue weighted by Crippen LogP contribution is -1.92. The molecule has 10 aromatic rings. The fourth-order valence-corrected chi connectivity index (χ4v) is 6.99. The molecule has 0 spiro atoms. The van der Waals surface area contributed by atoms with Crippen LogP contribution in [0.25, 0.3) is 98.4 Å². The van der Waals surface area contributed by atoms with Crippen molar-refractivity contribution in [1.29, 1.82) is 0 Å². The van der Waals surface area contributed by atoms with Crippen LogP contribution in [0.2, 0.25) is 0 Å². The Balaban J connectivity index is 1.36. The third kappa shape index (κ3) is 3.97. The lowest BCUT2D eigenvalue weighted by atomic mass is 9.84. The molecule has 0 N–H and O–H groups in total. The molecule has 218 valence electrons. The van der Waals surface area contributed by atoms with Crippen LogP contribution in [0.5, 0.6) is 0 Å². The smallest absolute Gasteiger partial charge is 0.143 e. The lowest BCUT2D eigenvalue weighted by molar-refractivity contribution is 0.672. The second-order valence-corrected chi connectivity index (χ2v) is 11.6. The Labute approximate surface area is 287 Å². The van der Waals surface area contributed by atoms with E-state index in [-0.39, 0.29) is 33.5 Å². The highest BCUT2D eigenvalue weighted by atomic mass is 16.3. The van der Waals surface area contributed by atoms with Crippen molar-refractivity contribution < 1.29 is 19.5 Å². The summed E-state index contributed by atoms with van der Waals surface area (Å²) in [6.07, 6.45) is 0. The minimum atomic E-state index is -0.656. The van der Waals surface area contributed by atoms with Gasteiger partial charge in [0.05, 0.1) is 15.1 Å². The maximum absolute atomic E-state index is 9.88. The van der Waals surface area contributed by atoms with Gasteiger partial charge < -0.3 is 4.42 Å². The largest absolute Gasteiger partial charge is 0.455 e. The summed E-state index contributed by atoms with van der Waals surface area (Å²) < 4.78 is 104. The van der Waals surface area contributed by atoms with Crippen molar-refractivity contribution in [2.24, 2.45) is 0 Å². The van der Waals surface area contributed by atoms with E-state index in [0.29, 0.717) is 16.3 Å². The molecule has 0 aliphatic heterocycles. The zero-order chi connectivity index (χ0) is 40.5. The molecular formula is C46H28O. The van der Waals surface area contributed by atoms with Crippen LogP contribution >= 0.6 is 0 Å². The molecule has 0 atom stereocenters. The van der Waals surface area contributed by atoms with Crippen molar-refractivity contribution in [3.8, 4) is 33.4 Å². The topological polar surface area (TPSA) is 13.1 Å². The number of hydrogen-bond acceptors (Lipinski definition) is 1. The summed E-state index contributed by atoms with van der Waals surface area (Å²) >= 11 is 0. The fourth-order valence-electron chi connectivity index (χ4n) is 6.99. The van der Waals surface area contributed by atoms with Gasteiger partial charge in [0.25, 0.3) is 0 Å². The zero-order valence-corrected chi connectivity index (χ0v) is 24.7. The van der Waals surface area contributed by atoms with E-state index in [1.54, 1.807) is 0 Å². The van der Waals surface area contributed by atoms with Crippen LogP contribution in [0.15, 0.2) is 174 Å². The van der Waals surface area contributed by atoms with E-state index in [4.69, 9.17) is 16.8 Å². The predicted molar refractivity (Wildman–Crippen MR) is 200 cm³/mol. The van der Waals surface area contributed by atoms with Crippen molar-refractivity contribution >= 4 is 65.0 Å². The number of fused-ring (bicyclic) bond motifs is 8. The van der Waals surface area contributed by atoms with Gasteiger partial charge in [-0.2, -0.15) is 0 Å². The van der Waals surface area contributed by atoms with E-state index in [1.165, 1.54) is 0 Å². The summed E-state index contributed by atoms with van der Waals surface area (Å²) in [4.78, 5) is 0. The molecule has 0 fully saturated rings. The number of hydrogen-bond donors (Lipinski definition) is 0. The van der Waals surface area contributed by atoms with Gasteiger partial charge in [-0.1, -0.05) is 139 Å². The molecule has 0 bridgehead atoms. The highest BCUT2D eigenvalue weighted by Crippen LogP contribution is 2.46. The molecule has 0 amide bonds. The Morgan fingerprint density at radius 3 is 1.79 bits per heavy atom. The number of rotatable bonds is 3. The first-order valence-electron chi connectivity index (χ1n) is 20.8. The lowest BCUT2D eigenvalue weighted by Gasteiger charge is -2.19. The second kappa shape index (κ2) is 10.2. The summed E-state index contributed by atoms with van der Waals surface area (Å²) in [5, 5.41) is 6.37. The minimum Gasteiger partial charge on any atom is -0.455 e. The average Bonchev–Trinajstić information content (AvgIpc) is 3.62. The summed E-state index contributed by atoms with van der Waals surface area (Å²) in [5.41, 5.74) is 3.10. The quantitative estimate of drug-likeness (QED) is 0.182. The van der Waals surface area contributed by atoms with Crippen LogP contribution < -0.4 is 0 Å². The second-order valence-electron chi connectivity index (χ2n) is 11.6. The number of furan rings is 1. The van der Waals surface area contributed by atoms with Gasteiger partial charge in [-0.05, 0) is 101 Å². The molecule has 0 aliphatic carbocycles. The minimum absolute atomic E-state index is 0.00134. The van der Waals surface area contributed by atoms with Crippen LogP contribution in [0.3, 0.4) is 0 Å². The molecule has 9 aromatic carbocycles. The van der Waals surface area contributed by atoms with Gasteiger partial charge in [0, 0.05) is 16.2 Å². The van der Waals surface area contributed by atoms with Crippen LogP contribution in [0.4, 0.5) is 0 Å². The van der Waals surface area contributed by atoms with Gasteiger partial charge >= 0.3 is 0 Å². The first-order valence-corrected chi connectivity index (χ1v) is 15.3. The van der Waals surface area contributed by atoms with E-state index >= 15 is 0 Å². The van der Waals surface area contributed by atoms with E-state index < -0.39 is 60.4 Å². The van der Waals surface area contributed by atoms with Gasteiger partial charge in [-0.25, -0.2) is 0 Å². The van der Waals surface area contributed by atoms with Gasteiger partial charge in [-0.3, -0.25) is 0 Å². The first kappa shape index (κ1) is 17.5. The molecule has 47 heavy (non-hydrogen) atoms. The van der Waals surface area contributed by atoms with Crippen LogP contribution in [0.1, 0.15) is 15.1 Å². The molecule has 0 saturated carbocycles. The standard InChI is InChI=1S/C46H28O/c1-2-12-29(13-3-1)41-28-33(26-31-15-5-6-16-34(31)41)45-38-20-10-8-18-36(38)44(37-19-9-11-21-39(37)45)32-23-25-43-42(27-32)40-24-22-30-14-4-7-17-35(30)46(40)47-43/h1-28H/i1D,2D,3D,5D,6D,12D,13D,15D,16D,26D,28D. The summed E-state index contributed by atoms with van der Waals surface area (Å²) in [7, 11) is 0. The van der Waals surface area contributed by atoms with Crippen molar-refractivity contribution in [2.45, 2.75) is 0 Å². The normalized spacial score (nSPS) is 15.1. The Bertz CT molecular complexity index is 3390. The molecule has 0 unspecified atom stereocenters. The molecule has 1 heterocycles. The van der Waals surface area contributed by atoms with Gasteiger partial charge in [0.15, 0.2) is 0 Å². The van der Waals surface area contributed by atoms with Crippen molar-refractivity contribution in [2.75, 3.05) is 0 Å². The Morgan fingerprint density at radius 1 is 0.404 bits per heavy atom.